The summed E-state index contributed by atoms with van der Waals surface area (Å²) in [6.07, 6.45) is 3.94. The van der Waals surface area contributed by atoms with E-state index in [2.05, 4.69) is 15.0 Å². The summed E-state index contributed by atoms with van der Waals surface area (Å²) in [6, 6.07) is 0. The van der Waals surface area contributed by atoms with E-state index in [4.69, 9.17) is 10.5 Å². The molecule has 0 radical (unpaired) electrons. The highest BCUT2D eigenvalue weighted by atomic mass is 16.5. The van der Waals surface area contributed by atoms with Crippen molar-refractivity contribution in [1.29, 1.82) is 0 Å². The highest BCUT2D eigenvalue weighted by Crippen LogP contribution is 2.20. The third-order valence-corrected chi connectivity index (χ3v) is 2.36. The summed E-state index contributed by atoms with van der Waals surface area (Å²) in [5.41, 5.74) is 5.99. The van der Waals surface area contributed by atoms with Crippen LogP contribution in [0.5, 0.6) is 0 Å². The molecular weight excluding hydrogens is 198 g/mol. The van der Waals surface area contributed by atoms with E-state index in [-0.39, 0.29) is 12.0 Å². The smallest absolute Gasteiger partial charge is 0.253 e. The Morgan fingerprint density at radius 2 is 2.53 bits per heavy atom. The summed E-state index contributed by atoms with van der Waals surface area (Å²) in [7, 11) is 0. The van der Waals surface area contributed by atoms with Crippen molar-refractivity contribution in [1.82, 2.24) is 5.16 Å². The second kappa shape index (κ2) is 4.41. The second-order valence-corrected chi connectivity index (χ2v) is 3.46. The summed E-state index contributed by atoms with van der Waals surface area (Å²) in [5, 5.41) is 6.13. The van der Waals surface area contributed by atoms with Gasteiger partial charge in [-0.05, 0) is 12.8 Å². The van der Waals surface area contributed by atoms with Gasteiger partial charge in [-0.15, -0.1) is 0 Å². The molecule has 6 nitrogen and oxygen atoms in total. The molecule has 1 aromatic rings. The minimum absolute atomic E-state index is 0.00299. The van der Waals surface area contributed by atoms with Crippen molar-refractivity contribution >= 4 is 11.6 Å². The molecule has 0 aromatic carbocycles. The fourth-order valence-corrected chi connectivity index (χ4v) is 1.56. The summed E-state index contributed by atoms with van der Waals surface area (Å²) in [6.45, 7) is 0.455. The lowest BCUT2D eigenvalue weighted by molar-refractivity contribution is -0.126. The van der Waals surface area contributed by atoms with Gasteiger partial charge in [-0.2, -0.15) is 0 Å². The zero-order valence-corrected chi connectivity index (χ0v) is 8.18. The van der Waals surface area contributed by atoms with Crippen LogP contribution in [0.2, 0.25) is 0 Å². The molecule has 0 aliphatic carbocycles. The lowest BCUT2D eigenvalue weighted by atomic mass is 10.2. The number of carbonyl (C=O) groups is 1. The van der Waals surface area contributed by atoms with E-state index < -0.39 is 6.10 Å². The molecule has 3 N–H and O–H groups in total. The van der Waals surface area contributed by atoms with Crippen molar-refractivity contribution in [2.24, 2.45) is 5.73 Å². The summed E-state index contributed by atoms with van der Waals surface area (Å²) >= 11 is 0. The van der Waals surface area contributed by atoms with Gasteiger partial charge >= 0.3 is 0 Å². The van der Waals surface area contributed by atoms with Crippen LogP contribution in [-0.4, -0.2) is 29.8 Å². The van der Waals surface area contributed by atoms with E-state index in [0.29, 0.717) is 18.7 Å². The van der Waals surface area contributed by atoms with E-state index >= 15 is 0 Å². The zero-order valence-electron chi connectivity index (χ0n) is 8.18. The van der Waals surface area contributed by atoms with E-state index in [0.717, 1.165) is 6.42 Å². The third-order valence-electron chi connectivity index (χ3n) is 2.36. The predicted octanol–water partition coefficient (Wildman–Crippen LogP) is 0.119. The summed E-state index contributed by atoms with van der Waals surface area (Å²) < 4.78 is 10.0. The molecule has 2 heterocycles. The Hall–Kier alpha value is -1.40. The molecule has 1 fully saturated rings. The third kappa shape index (κ3) is 2.34. The minimum atomic E-state index is -0.409. The molecule has 1 aliphatic heterocycles. The Bertz CT molecular complexity index is 325. The fourth-order valence-electron chi connectivity index (χ4n) is 1.56. The van der Waals surface area contributed by atoms with Gasteiger partial charge < -0.3 is 20.3 Å². The topological polar surface area (TPSA) is 90.4 Å². The maximum atomic E-state index is 11.6. The van der Waals surface area contributed by atoms with Gasteiger partial charge in [-0.3, -0.25) is 4.79 Å². The number of nitrogens with two attached hydrogens (primary N) is 1. The number of nitrogens with one attached hydrogen (secondary N) is 1. The molecule has 0 bridgehead atoms. The van der Waals surface area contributed by atoms with Crippen molar-refractivity contribution in [3.05, 3.63) is 12.5 Å². The molecular formula is C9H13N3O3. The van der Waals surface area contributed by atoms with Gasteiger partial charge in [0, 0.05) is 6.54 Å². The lowest BCUT2D eigenvalue weighted by Crippen LogP contribution is -2.29. The van der Waals surface area contributed by atoms with Crippen LogP contribution in [0, 0.1) is 0 Å². The number of aromatic nitrogens is 1. The standard InChI is InChI=1S/C9H13N3O3/c10-3-7-1-2-8(15-7)9(13)12-6-4-11-14-5-6/h4-5,7-8H,1-3,10H2,(H,12,13). The molecule has 1 aliphatic rings. The molecule has 6 heteroatoms. The Balaban J connectivity index is 1.87. The minimum Gasteiger partial charge on any atom is -0.364 e. The SMILES string of the molecule is NCC1CCC(C(=O)Nc2cnoc2)O1. The van der Waals surface area contributed by atoms with Crippen LogP contribution in [0.25, 0.3) is 0 Å². The average molecular weight is 211 g/mol. The molecule has 2 unspecified atom stereocenters. The maximum Gasteiger partial charge on any atom is 0.253 e. The number of carbonyl (C=O) groups excluding carboxylic acids is 1. The number of rotatable bonds is 3. The normalized spacial score (nSPS) is 25.4. The summed E-state index contributed by atoms with van der Waals surface area (Å²) in [5.74, 6) is -0.172. The first-order valence-electron chi connectivity index (χ1n) is 4.85. The van der Waals surface area contributed by atoms with Gasteiger partial charge in [0.25, 0.3) is 5.91 Å². The summed E-state index contributed by atoms with van der Waals surface area (Å²) in [4.78, 5) is 11.6. The number of hydrogen-bond acceptors (Lipinski definition) is 5. The Morgan fingerprint density at radius 3 is 3.13 bits per heavy atom. The van der Waals surface area contributed by atoms with Gasteiger partial charge in [0.1, 0.15) is 18.1 Å². The Kier molecular flexibility index (Phi) is 2.98. The first kappa shape index (κ1) is 10.1. The first-order chi connectivity index (χ1) is 7.29. The van der Waals surface area contributed by atoms with E-state index in [1.54, 1.807) is 0 Å². The number of hydrogen-bond donors (Lipinski definition) is 2. The quantitative estimate of drug-likeness (QED) is 0.741. The zero-order chi connectivity index (χ0) is 10.7. The largest absolute Gasteiger partial charge is 0.364 e. The van der Waals surface area contributed by atoms with Gasteiger partial charge in [-0.1, -0.05) is 5.16 Å². The molecule has 1 amide bonds. The number of nitrogens with zero attached hydrogens (tertiary/aromatic N) is 1. The molecule has 0 saturated carbocycles. The van der Waals surface area contributed by atoms with Gasteiger partial charge in [0.05, 0.1) is 12.3 Å². The second-order valence-electron chi connectivity index (χ2n) is 3.46. The maximum absolute atomic E-state index is 11.6. The van der Waals surface area contributed by atoms with Gasteiger partial charge in [0.15, 0.2) is 0 Å². The first-order valence-corrected chi connectivity index (χ1v) is 4.85. The van der Waals surface area contributed by atoms with Crippen LogP contribution in [0.4, 0.5) is 5.69 Å². The Morgan fingerprint density at radius 1 is 1.67 bits per heavy atom. The van der Waals surface area contributed by atoms with Crippen LogP contribution in [0.15, 0.2) is 17.0 Å². The molecule has 1 saturated heterocycles. The van der Waals surface area contributed by atoms with Crippen LogP contribution in [0.1, 0.15) is 12.8 Å². The molecule has 82 valence electrons. The number of ether oxygens (including phenoxy) is 1. The van der Waals surface area contributed by atoms with Crippen LogP contribution >= 0.6 is 0 Å². The van der Waals surface area contributed by atoms with Crippen molar-refractivity contribution in [2.75, 3.05) is 11.9 Å². The molecule has 2 rings (SSSR count). The average Bonchev–Trinajstić information content (AvgIpc) is 2.86. The lowest BCUT2D eigenvalue weighted by Gasteiger charge is -2.11. The monoisotopic (exact) mass is 211 g/mol. The van der Waals surface area contributed by atoms with Crippen LogP contribution in [0.3, 0.4) is 0 Å². The molecule has 0 spiro atoms. The number of amides is 1. The van der Waals surface area contributed by atoms with Gasteiger partial charge in [0.2, 0.25) is 0 Å². The molecule has 2 atom stereocenters. The van der Waals surface area contributed by atoms with E-state index in [1.807, 2.05) is 0 Å². The molecule has 15 heavy (non-hydrogen) atoms. The van der Waals surface area contributed by atoms with Crippen molar-refractivity contribution in [3.8, 4) is 0 Å². The van der Waals surface area contributed by atoms with Crippen molar-refractivity contribution in [3.63, 3.8) is 0 Å². The van der Waals surface area contributed by atoms with Crippen molar-refractivity contribution < 1.29 is 14.1 Å². The molecule has 1 aromatic heterocycles. The van der Waals surface area contributed by atoms with Crippen LogP contribution in [-0.2, 0) is 9.53 Å². The highest BCUT2D eigenvalue weighted by molar-refractivity contribution is 5.93. The van der Waals surface area contributed by atoms with E-state index in [1.165, 1.54) is 12.5 Å². The fraction of sp³-hybridized carbons (Fsp3) is 0.556. The Labute approximate surface area is 86.7 Å². The van der Waals surface area contributed by atoms with Crippen molar-refractivity contribution in [2.45, 2.75) is 25.0 Å². The number of anilines is 1. The van der Waals surface area contributed by atoms with E-state index in [9.17, 15) is 4.79 Å². The highest BCUT2D eigenvalue weighted by Gasteiger charge is 2.29. The van der Waals surface area contributed by atoms with Gasteiger partial charge in [-0.25, -0.2) is 0 Å². The van der Waals surface area contributed by atoms with Crippen LogP contribution < -0.4 is 11.1 Å². The predicted molar refractivity (Wildman–Crippen MR) is 52.1 cm³/mol.